The fourth-order valence-corrected chi connectivity index (χ4v) is 2.77. The number of hydrogen-bond donors (Lipinski definition) is 2. The molecule has 2 unspecified atom stereocenters. The summed E-state index contributed by atoms with van der Waals surface area (Å²) in [4.78, 5) is 2.32. The average molecular weight is 214 g/mol. The molecule has 0 saturated carbocycles. The van der Waals surface area contributed by atoms with Crippen LogP contribution in [0.4, 0.5) is 0 Å². The zero-order chi connectivity index (χ0) is 10.9. The van der Waals surface area contributed by atoms with Gasteiger partial charge in [0.1, 0.15) is 5.60 Å². The monoisotopic (exact) mass is 214 g/mol. The Morgan fingerprint density at radius 3 is 2.87 bits per heavy atom. The van der Waals surface area contributed by atoms with E-state index in [1.54, 1.807) is 0 Å². The first-order valence-electron chi connectivity index (χ1n) is 5.91. The quantitative estimate of drug-likeness (QED) is 0.677. The van der Waals surface area contributed by atoms with Crippen LogP contribution in [-0.2, 0) is 4.74 Å². The lowest BCUT2D eigenvalue weighted by Crippen LogP contribution is -2.68. The van der Waals surface area contributed by atoms with Crippen molar-refractivity contribution in [3.05, 3.63) is 0 Å². The Morgan fingerprint density at radius 1 is 1.47 bits per heavy atom. The highest BCUT2D eigenvalue weighted by molar-refractivity contribution is 5.08. The fraction of sp³-hybridized carbons (Fsp3) is 1.00. The van der Waals surface area contributed by atoms with Crippen molar-refractivity contribution in [2.24, 2.45) is 5.73 Å². The summed E-state index contributed by atoms with van der Waals surface area (Å²) in [7, 11) is 0. The van der Waals surface area contributed by atoms with Crippen LogP contribution in [0.25, 0.3) is 0 Å². The highest BCUT2D eigenvalue weighted by Gasteiger charge is 2.51. The van der Waals surface area contributed by atoms with Crippen LogP contribution in [0, 0.1) is 0 Å². The molecule has 15 heavy (non-hydrogen) atoms. The van der Waals surface area contributed by atoms with Crippen molar-refractivity contribution < 1.29 is 9.84 Å². The zero-order valence-electron chi connectivity index (χ0n) is 9.54. The minimum Gasteiger partial charge on any atom is -0.385 e. The van der Waals surface area contributed by atoms with E-state index >= 15 is 0 Å². The summed E-state index contributed by atoms with van der Waals surface area (Å²) in [5.41, 5.74) is 5.11. The highest BCUT2D eigenvalue weighted by Crippen LogP contribution is 2.35. The van der Waals surface area contributed by atoms with Gasteiger partial charge in [0.05, 0.1) is 12.1 Å². The number of piperidine rings is 1. The van der Waals surface area contributed by atoms with E-state index in [2.05, 4.69) is 11.8 Å². The molecule has 4 heteroatoms. The Morgan fingerprint density at radius 2 is 2.27 bits per heavy atom. The molecule has 88 valence electrons. The molecule has 2 heterocycles. The molecule has 2 saturated heterocycles. The third-order valence-electron chi connectivity index (χ3n) is 3.98. The molecule has 2 rings (SSSR count). The smallest absolute Gasteiger partial charge is 0.109 e. The molecule has 0 bridgehead atoms. The second-order valence-electron chi connectivity index (χ2n) is 4.96. The number of rotatable bonds is 2. The Labute approximate surface area is 91.4 Å². The van der Waals surface area contributed by atoms with Gasteiger partial charge in [-0.1, -0.05) is 6.92 Å². The van der Waals surface area contributed by atoms with Gasteiger partial charge in [-0.15, -0.1) is 0 Å². The van der Waals surface area contributed by atoms with Gasteiger partial charge in [-0.25, -0.2) is 0 Å². The van der Waals surface area contributed by atoms with Crippen LogP contribution in [0.2, 0.25) is 0 Å². The van der Waals surface area contributed by atoms with Gasteiger partial charge in [-0.2, -0.15) is 0 Å². The molecule has 2 atom stereocenters. The van der Waals surface area contributed by atoms with Gasteiger partial charge in [-0.3, -0.25) is 0 Å². The minimum absolute atomic E-state index is 0.404. The molecule has 0 spiro atoms. The number of nitrogens with zero attached hydrogens (tertiary/aromatic N) is 1. The molecular weight excluding hydrogens is 192 g/mol. The van der Waals surface area contributed by atoms with Crippen LogP contribution in [0.5, 0.6) is 0 Å². The number of aliphatic hydroxyl groups is 1. The first kappa shape index (κ1) is 11.3. The van der Waals surface area contributed by atoms with Crippen LogP contribution >= 0.6 is 0 Å². The summed E-state index contributed by atoms with van der Waals surface area (Å²) in [6.07, 6.45) is 2.66. The number of nitrogens with two attached hydrogens (primary N) is 1. The molecule has 2 fully saturated rings. The standard InChI is InChI=1S/C11H22N2O2/c1-2-13-6-3-4-10(12,8-13)11(14)5-7-15-9-11/h14H,2-9,12H2,1H3. The van der Waals surface area contributed by atoms with Crippen LogP contribution in [-0.4, -0.2) is 54.0 Å². The number of likely N-dealkylation sites (tertiary alicyclic amines) is 1. The van der Waals surface area contributed by atoms with E-state index in [9.17, 15) is 5.11 Å². The lowest BCUT2D eigenvalue weighted by Gasteiger charge is -2.47. The molecule has 0 aromatic heterocycles. The van der Waals surface area contributed by atoms with Crippen molar-refractivity contribution in [1.82, 2.24) is 4.90 Å². The van der Waals surface area contributed by atoms with Gasteiger partial charge in [0.15, 0.2) is 0 Å². The van der Waals surface area contributed by atoms with Crippen LogP contribution in [0.1, 0.15) is 26.2 Å². The van der Waals surface area contributed by atoms with Crippen molar-refractivity contribution in [2.45, 2.75) is 37.3 Å². The summed E-state index contributed by atoms with van der Waals surface area (Å²) in [6, 6.07) is 0. The van der Waals surface area contributed by atoms with Gasteiger partial charge in [0, 0.05) is 19.6 Å². The fourth-order valence-electron chi connectivity index (χ4n) is 2.77. The molecule has 0 radical (unpaired) electrons. The maximum absolute atomic E-state index is 10.5. The zero-order valence-corrected chi connectivity index (χ0v) is 9.54. The third kappa shape index (κ3) is 1.91. The summed E-state index contributed by atoms with van der Waals surface area (Å²) in [5, 5.41) is 10.5. The van der Waals surface area contributed by atoms with E-state index in [-0.39, 0.29) is 0 Å². The lowest BCUT2D eigenvalue weighted by molar-refractivity contribution is -0.0676. The van der Waals surface area contributed by atoms with Crippen molar-refractivity contribution in [3.63, 3.8) is 0 Å². The lowest BCUT2D eigenvalue weighted by atomic mass is 9.74. The van der Waals surface area contributed by atoms with Crippen LogP contribution in [0.3, 0.4) is 0 Å². The van der Waals surface area contributed by atoms with Crippen molar-refractivity contribution in [2.75, 3.05) is 32.8 Å². The van der Waals surface area contributed by atoms with Gasteiger partial charge < -0.3 is 20.5 Å². The van der Waals surface area contributed by atoms with E-state index < -0.39 is 11.1 Å². The predicted octanol–water partition coefficient (Wildman–Crippen LogP) is -0.0490. The van der Waals surface area contributed by atoms with Crippen LogP contribution < -0.4 is 5.73 Å². The van der Waals surface area contributed by atoms with E-state index in [0.29, 0.717) is 19.6 Å². The summed E-state index contributed by atoms with van der Waals surface area (Å²) < 4.78 is 5.30. The minimum atomic E-state index is -0.805. The maximum Gasteiger partial charge on any atom is 0.109 e. The SMILES string of the molecule is CCN1CCCC(N)(C2(O)CCOC2)C1. The Balaban J connectivity index is 2.10. The molecule has 4 nitrogen and oxygen atoms in total. The normalized spacial score (nSPS) is 43.4. The van der Waals surface area contributed by atoms with Crippen LogP contribution in [0.15, 0.2) is 0 Å². The molecule has 2 aliphatic rings. The molecule has 0 aliphatic carbocycles. The number of hydrogen-bond acceptors (Lipinski definition) is 4. The number of likely N-dealkylation sites (N-methyl/N-ethyl adjacent to an activating group) is 1. The Bertz CT molecular complexity index is 229. The maximum atomic E-state index is 10.5. The van der Waals surface area contributed by atoms with Gasteiger partial charge in [0.2, 0.25) is 0 Å². The molecule has 0 amide bonds. The van der Waals surface area contributed by atoms with E-state index in [1.807, 2.05) is 0 Å². The van der Waals surface area contributed by atoms with E-state index in [0.717, 1.165) is 32.5 Å². The predicted molar refractivity (Wildman–Crippen MR) is 58.7 cm³/mol. The second-order valence-corrected chi connectivity index (χ2v) is 4.96. The topological polar surface area (TPSA) is 58.7 Å². The molecule has 0 aromatic rings. The van der Waals surface area contributed by atoms with Crippen molar-refractivity contribution in [1.29, 1.82) is 0 Å². The summed E-state index contributed by atoms with van der Waals surface area (Å²) in [6.45, 7) is 6.09. The molecule has 3 N–H and O–H groups in total. The largest absolute Gasteiger partial charge is 0.385 e. The average Bonchev–Trinajstić information content (AvgIpc) is 2.67. The summed E-state index contributed by atoms with van der Waals surface area (Å²) in [5.74, 6) is 0. The summed E-state index contributed by atoms with van der Waals surface area (Å²) >= 11 is 0. The van der Waals surface area contributed by atoms with Gasteiger partial charge >= 0.3 is 0 Å². The molecule has 0 aromatic carbocycles. The first-order chi connectivity index (χ1) is 7.10. The van der Waals surface area contributed by atoms with Gasteiger partial charge in [0.25, 0.3) is 0 Å². The Hall–Kier alpha value is -0.160. The second kappa shape index (κ2) is 4.01. The third-order valence-corrected chi connectivity index (χ3v) is 3.98. The molecule has 2 aliphatic heterocycles. The number of ether oxygens (including phenoxy) is 1. The van der Waals surface area contributed by atoms with Crippen molar-refractivity contribution in [3.8, 4) is 0 Å². The molecular formula is C11H22N2O2. The van der Waals surface area contributed by atoms with Crippen molar-refractivity contribution >= 4 is 0 Å². The highest BCUT2D eigenvalue weighted by atomic mass is 16.5. The first-order valence-corrected chi connectivity index (χ1v) is 5.91. The van der Waals surface area contributed by atoms with E-state index in [4.69, 9.17) is 10.5 Å². The van der Waals surface area contributed by atoms with Gasteiger partial charge in [-0.05, 0) is 25.9 Å². The van der Waals surface area contributed by atoms with E-state index in [1.165, 1.54) is 0 Å². The Kier molecular flexibility index (Phi) is 3.03.